The third-order valence-electron chi connectivity index (χ3n) is 2.88. The van der Waals surface area contributed by atoms with Crippen LogP contribution in [0.25, 0.3) is 0 Å². The van der Waals surface area contributed by atoms with Crippen LogP contribution in [-0.2, 0) is 9.59 Å². The van der Waals surface area contributed by atoms with Crippen molar-refractivity contribution >= 4 is 34.9 Å². The zero-order valence-electron chi connectivity index (χ0n) is 10.6. The number of carbonyl (C=O) groups is 3. The van der Waals surface area contributed by atoms with Gasteiger partial charge in [-0.25, -0.2) is 0 Å². The summed E-state index contributed by atoms with van der Waals surface area (Å²) < 4.78 is 0. The maximum absolute atomic E-state index is 11.9. The average molecular weight is 281 g/mol. The first-order valence-corrected chi connectivity index (χ1v) is 6.11. The van der Waals surface area contributed by atoms with Gasteiger partial charge in [0, 0.05) is 19.8 Å². The molecule has 0 saturated carbocycles. The zero-order chi connectivity index (χ0) is 14.2. The van der Waals surface area contributed by atoms with Gasteiger partial charge in [-0.05, 0) is 18.2 Å². The molecule has 19 heavy (non-hydrogen) atoms. The number of anilines is 1. The minimum absolute atomic E-state index is 0.0516. The van der Waals surface area contributed by atoms with Crippen molar-refractivity contribution in [2.45, 2.75) is 6.42 Å². The van der Waals surface area contributed by atoms with Crippen molar-refractivity contribution in [1.29, 1.82) is 0 Å². The van der Waals surface area contributed by atoms with Gasteiger partial charge >= 0.3 is 0 Å². The fraction of sp³-hybridized carbons (Fsp3) is 0.308. The molecule has 1 saturated heterocycles. The molecule has 0 aliphatic carbocycles. The van der Waals surface area contributed by atoms with E-state index in [0.717, 1.165) is 0 Å². The Morgan fingerprint density at radius 1 is 1.32 bits per heavy atom. The van der Waals surface area contributed by atoms with Crippen molar-refractivity contribution in [2.24, 2.45) is 0 Å². The van der Waals surface area contributed by atoms with Gasteiger partial charge in [-0.1, -0.05) is 11.6 Å². The van der Waals surface area contributed by atoms with Gasteiger partial charge in [-0.3, -0.25) is 14.4 Å². The Kier molecular flexibility index (Phi) is 3.57. The predicted octanol–water partition coefficient (Wildman–Crippen LogP) is 1.35. The molecule has 1 aliphatic rings. The lowest BCUT2D eigenvalue weighted by molar-refractivity contribution is -0.121. The molecule has 1 heterocycles. The largest absolute Gasteiger partial charge is 0.345 e. The highest BCUT2D eigenvalue weighted by molar-refractivity contribution is 6.34. The van der Waals surface area contributed by atoms with E-state index in [-0.39, 0.29) is 30.6 Å². The molecule has 0 radical (unpaired) electrons. The molecule has 0 N–H and O–H groups in total. The van der Waals surface area contributed by atoms with Crippen molar-refractivity contribution in [2.75, 3.05) is 25.5 Å². The first-order valence-electron chi connectivity index (χ1n) is 5.73. The Morgan fingerprint density at radius 3 is 2.53 bits per heavy atom. The third kappa shape index (κ3) is 2.61. The number of carbonyl (C=O) groups excluding carboxylic acids is 3. The summed E-state index contributed by atoms with van der Waals surface area (Å²) in [5.41, 5.74) is 0.835. The molecule has 6 heteroatoms. The molecule has 2 rings (SSSR count). The first-order chi connectivity index (χ1) is 8.90. The number of halogens is 1. The second kappa shape index (κ2) is 5.01. The molecular weight excluding hydrogens is 268 g/mol. The Hall–Kier alpha value is -1.88. The highest BCUT2D eigenvalue weighted by atomic mass is 35.5. The molecule has 5 nitrogen and oxygen atoms in total. The highest BCUT2D eigenvalue weighted by Crippen LogP contribution is 2.26. The normalized spacial score (nSPS) is 15.0. The molecule has 1 aliphatic heterocycles. The quantitative estimate of drug-likeness (QED) is 0.769. The minimum atomic E-state index is -0.254. The van der Waals surface area contributed by atoms with E-state index in [9.17, 15) is 14.4 Å². The Labute approximate surface area is 115 Å². The Balaban J connectivity index is 2.39. The fourth-order valence-electron chi connectivity index (χ4n) is 1.91. The van der Waals surface area contributed by atoms with E-state index >= 15 is 0 Å². The van der Waals surface area contributed by atoms with Crippen molar-refractivity contribution in [3.8, 4) is 0 Å². The lowest BCUT2D eigenvalue weighted by atomic mass is 10.1. The van der Waals surface area contributed by atoms with Crippen LogP contribution in [0.3, 0.4) is 0 Å². The molecule has 0 aromatic heterocycles. The number of Topliss-reactive ketones (excluding diaryl/α,β-unsaturated/α-hetero) is 1. The molecule has 1 fully saturated rings. The predicted molar refractivity (Wildman–Crippen MR) is 71.4 cm³/mol. The molecule has 0 unspecified atom stereocenters. The number of benzene rings is 1. The van der Waals surface area contributed by atoms with Gasteiger partial charge in [0.15, 0.2) is 5.78 Å². The summed E-state index contributed by atoms with van der Waals surface area (Å²) in [5.74, 6) is -0.624. The summed E-state index contributed by atoms with van der Waals surface area (Å²) in [6, 6.07) is 4.73. The summed E-state index contributed by atoms with van der Waals surface area (Å²) in [6.45, 7) is 0.0516. The number of hydrogen-bond acceptors (Lipinski definition) is 3. The van der Waals surface area contributed by atoms with Gasteiger partial charge in [-0.15, -0.1) is 0 Å². The summed E-state index contributed by atoms with van der Waals surface area (Å²) in [5, 5.41) is 0.320. The Morgan fingerprint density at radius 2 is 2.00 bits per heavy atom. The van der Waals surface area contributed by atoms with Crippen LogP contribution in [0.1, 0.15) is 16.8 Å². The number of ketones is 1. The minimum Gasteiger partial charge on any atom is -0.345 e. The van der Waals surface area contributed by atoms with Gasteiger partial charge in [0.05, 0.1) is 23.6 Å². The SMILES string of the molecule is CN(C)C(=O)c1cc(N2CC(=O)CC2=O)ccc1Cl. The van der Waals surface area contributed by atoms with E-state index in [4.69, 9.17) is 11.6 Å². The van der Waals surface area contributed by atoms with Gasteiger partial charge in [0.25, 0.3) is 5.91 Å². The molecule has 1 aromatic carbocycles. The molecule has 0 spiro atoms. The summed E-state index contributed by atoms with van der Waals surface area (Å²) in [7, 11) is 3.24. The van der Waals surface area contributed by atoms with Gasteiger partial charge in [0.1, 0.15) is 0 Å². The van der Waals surface area contributed by atoms with Crippen LogP contribution in [0.4, 0.5) is 5.69 Å². The monoisotopic (exact) mass is 280 g/mol. The van der Waals surface area contributed by atoms with E-state index in [0.29, 0.717) is 16.3 Å². The van der Waals surface area contributed by atoms with Crippen LogP contribution < -0.4 is 4.90 Å². The van der Waals surface area contributed by atoms with E-state index in [1.807, 2.05) is 0 Å². The second-order valence-corrected chi connectivity index (χ2v) is 4.97. The summed E-state index contributed by atoms with van der Waals surface area (Å²) in [6.07, 6.45) is -0.0837. The molecular formula is C13H13ClN2O3. The molecule has 0 atom stereocenters. The zero-order valence-corrected chi connectivity index (χ0v) is 11.4. The lowest BCUT2D eigenvalue weighted by Gasteiger charge is -2.17. The highest BCUT2D eigenvalue weighted by Gasteiger charge is 2.29. The molecule has 0 bridgehead atoms. The molecule has 1 aromatic rings. The van der Waals surface area contributed by atoms with Crippen LogP contribution in [0.5, 0.6) is 0 Å². The number of rotatable bonds is 2. The van der Waals surface area contributed by atoms with Crippen LogP contribution in [0.15, 0.2) is 18.2 Å². The molecule has 100 valence electrons. The standard InChI is InChI=1S/C13H13ClN2O3/c1-15(2)13(19)10-5-8(3-4-11(10)14)16-7-9(17)6-12(16)18/h3-5H,6-7H2,1-2H3. The van der Waals surface area contributed by atoms with Crippen molar-refractivity contribution in [1.82, 2.24) is 4.90 Å². The maximum Gasteiger partial charge on any atom is 0.254 e. The van der Waals surface area contributed by atoms with Crippen molar-refractivity contribution in [3.63, 3.8) is 0 Å². The third-order valence-corrected chi connectivity index (χ3v) is 3.21. The van der Waals surface area contributed by atoms with Gasteiger partial charge in [-0.2, -0.15) is 0 Å². The van der Waals surface area contributed by atoms with Gasteiger partial charge < -0.3 is 9.80 Å². The summed E-state index contributed by atoms with van der Waals surface area (Å²) in [4.78, 5) is 37.6. The second-order valence-electron chi connectivity index (χ2n) is 4.56. The smallest absolute Gasteiger partial charge is 0.254 e. The number of amides is 2. The van der Waals surface area contributed by atoms with Crippen LogP contribution in [0.2, 0.25) is 5.02 Å². The van der Waals surface area contributed by atoms with Gasteiger partial charge in [0.2, 0.25) is 5.91 Å². The fourth-order valence-corrected chi connectivity index (χ4v) is 2.10. The number of nitrogens with zero attached hydrogens (tertiary/aromatic N) is 2. The Bertz CT molecular complexity index is 569. The van der Waals surface area contributed by atoms with E-state index in [2.05, 4.69) is 0 Å². The average Bonchev–Trinajstić information content (AvgIpc) is 2.68. The van der Waals surface area contributed by atoms with Crippen LogP contribution in [0, 0.1) is 0 Å². The van der Waals surface area contributed by atoms with Crippen molar-refractivity contribution < 1.29 is 14.4 Å². The van der Waals surface area contributed by atoms with Crippen molar-refractivity contribution in [3.05, 3.63) is 28.8 Å². The maximum atomic E-state index is 11.9. The van der Waals surface area contributed by atoms with Crippen LogP contribution in [-0.4, -0.2) is 43.1 Å². The van der Waals surface area contributed by atoms with E-state index < -0.39 is 0 Å². The van der Waals surface area contributed by atoms with E-state index in [1.54, 1.807) is 32.3 Å². The lowest BCUT2D eigenvalue weighted by Crippen LogP contribution is -2.26. The number of hydrogen-bond donors (Lipinski definition) is 0. The molecule has 2 amide bonds. The van der Waals surface area contributed by atoms with Crippen LogP contribution >= 0.6 is 11.6 Å². The van der Waals surface area contributed by atoms with E-state index in [1.165, 1.54) is 9.80 Å². The first kappa shape index (κ1) is 13.5. The summed E-state index contributed by atoms with van der Waals surface area (Å²) >= 11 is 5.99. The topological polar surface area (TPSA) is 57.7 Å².